The number of carbonyl (C=O) groups excluding carboxylic acids is 1. The number of carbonyl (C=O) groups is 1. The molecule has 0 fully saturated rings. The van der Waals surface area contributed by atoms with Gasteiger partial charge in [0, 0.05) is 11.3 Å². The Morgan fingerprint density at radius 2 is 2.20 bits per heavy atom. The highest BCUT2D eigenvalue weighted by molar-refractivity contribution is 7.99. The molecule has 20 heavy (non-hydrogen) atoms. The van der Waals surface area contributed by atoms with Crippen LogP contribution in [0.2, 0.25) is 0 Å². The van der Waals surface area contributed by atoms with Gasteiger partial charge >= 0.3 is 0 Å². The number of aliphatic hydroxyl groups is 1. The summed E-state index contributed by atoms with van der Waals surface area (Å²) >= 11 is 1.55. The van der Waals surface area contributed by atoms with Crippen molar-refractivity contribution in [1.82, 2.24) is 5.32 Å². The highest BCUT2D eigenvalue weighted by atomic mass is 32.2. The largest absolute Gasteiger partial charge is 0.496 e. The van der Waals surface area contributed by atoms with Crippen molar-refractivity contribution in [3.63, 3.8) is 0 Å². The Bertz CT molecular complexity index is 447. The van der Waals surface area contributed by atoms with Gasteiger partial charge in [0.05, 0.1) is 20.1 Å². The molecule has 0 aliphatic heterocycles. The van der Waals surface area contributed by atoms with Crippen LogP contribution in [0.5, 0.6) is 5.75 Å². The third-order valence-corrected chi connectivity index (χ3v) is 4.43. The molecular weight excluding hydrogens is 274 g/mol. The van der Waals surface area contributed by atoms with Gasteiger partial charge in [-0.15, -0.1) is 0 Å². The van der Waals surface area contributed by atoms with E-state index in [1.807, 2.05) is 38.3 Å². The fourth-order valence-electron chi connectivity index (χ4n) is 1.99. The van der Waals surface area contributed by atoms with E-state index in [0.29, 0.717) is 6.42 Å². The van der Waals surface area contributed by atoms with Gasteiger partial charge in [0.15, 0.2) is 0 Å². The molecule has 1 rings (SSSR count). The Kier molecular flexibility index (Phi) is 6.88. The van der Waals surface area contributed by atoms with Gasteiger partial charge in [-0.05, 0) is 37.3 Å². The highest BCUT2D eigenvalue weighted by Crippen LogP contribution is 2.19. The van der Waals surface area contributed by atoms with Crippen LogP contribution < -0.4 is 10.1 Å². The number of benzene rings is 1. The van der Waals surface area contributed by atoms with Gasteiger partial charge < -0.3 is 15.2 Å². The fourth-order valence-corrected chi connectivity index (χ4v) is 2.62. The molecule has 5 heteroatoms. The zero-order chi connectivity index (χ0) is 15.1. The standard InChI is InChI=1S/C15H23NO3S/c1-10-5-6-12(7-13(10)19-3)8-15(18)16-11(2)14(9-17)20-4/h5-7,11,14,17H,8-9H2,1-4H3,(H,16,18). The molecule has 0 radical (unpaired) electrons. The van der Waals surface area contributed by atoms with Crippen LogP contribution in [-0.2, 0) is 11.2 Å². The van der Waals surface area contributed by atoms with Crippen LogP contribution in [0.15, 0.2) is 18.2 Å². The Balaban J connectivity index is 2.62. The van der Waals surface area contributed by atoms with E-state index in [1.165, 1.54) is 0 Å². The smallest absolute Gasteiger partial charge is 0.224 e. The summed E-state index contributed by atoms with van der Waals surface area (Å²) < 4.78 is 5.25. The molecule has 1 aromatic carbocycles. The second kappa shape index (κ2) is 8.17. The Hall–Kier alpha value is -1.20. The molecule has 4 nitrogen and oxygen atoms in total. The molecule has 2 N–H and O–H groups in total. The molecule has 0 bridgehead atoms. The summed E-state index contributed by atoms with van der Waals surface area (Å²) in [6.45, 7) is 3.93. The number of methoxy groups -OCH3 is 1. The predicted molar refractivity (Wildman–Crippen MR) is 83.4 cm³/mol. The Labute approximate surface area is 124 Å². The highest BCUT2D eigenvalue weighted by Gasteiger charge is 2.17. The van der Waals surface area contributed by atoms with Gasteiger partial charge in [0.2, 0.25) is 5.91 Å². The topological polar surface area (TPSA) is 58.6 Å². The molecule has 2 atom stereocenters. The summed E-state index contributed by atoms with van der Waals surface area (Å²) in [6, 6.07) is 5.70. The lowest BCUT2D eigenvalue weighted by molar-refractivity contribution is -0.121. The van der Waals surface area contributed by atoms with Crippen molar-refractivity contribution in [3.05, 3.63) is 29.3 Å². The van der Waals surface area contributed by atoms with Crippen molar-refractivity contribution in [2.24, 2.45) is 0 Å². The second-order valence-electron chi connectivity index (χ2n) is 4.79. The molecule has 2 unspecified atom stereocenters. The number of hydrogen-bond acceptors (Lipinski definition) is 4. The molecule has 0 saturated carbocycles. The fraction of sp³-hybridized carbons (Fsp3) is 0.533. The molecule has 0 heterocycles. The van der Waals surface area contributed by atoms with Crippen molar-refractivity contribution in [3.8, 4) is 5.75 Å². The summed E-state index contributed by atoms with van der Waals surface area (Å²) in [6.07, 6.45) is 2.24. The van der Waals surface area contributed by atoms with E-state index in [2.05, 4.69) is 5.32 Å². The van der Waals surface area contributed by atoms with Crippen molar-refractivity contribution < 1.29 is 14.6 Å². The van der Waals surface area contributed by atoms with Gasteiger partial charge in [-0.25, -0.2) is 0 Å². The van der Waals surface area contributed by atoms with Crippen molar-refractivity contribution in [1.29, 1.82) is 0 Å². The van der Waals surface area contributed by atoms with Gasteiger partial charge in [0.1, 0.15) is 5.75 Å². The minimum atomic E-state index is -0.0603. The monoisotopic (exact) mass is 297 g/mol. The van der Waals surface area contributed by atoms with Crippen molar-refractivity contribution >= 4 is 17.7 Å². The normalized spacial score (nSPS) is 13.7. The first-order chi connectivity index (χ1) is 9.51. The maximum atomic E-state index is 12.0. The van der Waals surface area contributed by atoms with E-state index in [9.17, 15) is 9.90 Å². The first-order valence-corrected chi connectivity index (χ1v) is 7.87. The molecule has 0 aliphatic carbocycles. The number of amides is 1. The van der Waals surface area contributed by atoms with Crippen LogP contribution in [0.3, 0.4) is 0 Å². The number of aryl methyl sites for hydroxylation is 1. The summed E-state index contributed by atoms with van der Waals surface area (Å²) in [5.41, 5.74) is 1.97. The van der Waals surface area contributed by atoms with E-state index in [0.717, 1.165) is 16.9 Å². The third-order valence-electron chi connectivity index (χ3n) is 3.27. The average Bonchev–Trinajstić information content (AvgIpc) is 2.42. The lowest BCUT2D eigenvalue weighted by Gasteiger charge is -2.21. The van der Waals surface area contributed by atoms with Gasteiger partial charge in [0.25, 0.3) is 0 Å². The Morgan fingerprint density at radius 3 is 2.75 bits per heavy atom. The van der Waals surface area contributed by atoms with Crippen molar-refractivity contribution in [2.45, 2.75) is 31.6 Å². The molecule has 112 valence electrons. The van der Waals surface area contributed by atoms with Gasteiger partial charge in [-0.1, -0.05) is 12.1 Å². The van der Waals surface area contributed by atoms with Crippen molar-refractivity contribution in [2.75, 3.05) is 20.0 Å². The van der Waals surface area contributed by atoms with Crippen LogP contribution in [-0.4, -0.2) is 42.3 Å². The number of rotatable bonds is 7. The zero-order valence-electron chi connectivity index (χ0n) is 12.5. The first-order valence-electron chi connectivity index (χ1n) is 6.58. The summed E-state index contributed by atoms with van der Waals surface area (Å²) in [4.78, 5) is 12.0. The zero-order valence-corrected chi connectivity index (χ0v) is 13.3. The first kappa shape index (κ1) is 16.9. The summed E-state index contributed by atoms with van der Waals surface area (Å²) in [5, 5.41) is 12.2. The average molecular weight is 297 g/mol. The van der Waals surface area contributed by atoms with Crippen LogP contribution in [0.25, 0.3) is 0 Å². The molecule has 1 aromatic rings. The number of hydrogen-bond donors (Lipinski definition) is 2. The van der Waals surface area contributed by atoms with E-state index >= 15 is 0 Å². The van der Waals surface area contributed by atoms with E-state index in [4.69, 9.17) is 4.74 Å². The molecule has 0 spiro atoms. The van der Waals surface area contributed by atoms with Gasteiger partial charge in [-0.3, -0.25) is 4.79 Å². The van der Waals surface area contributed by atoms with Crippen LogP contribution >= 0.6 is 11.8 Å². The maximum Gasteiger partial charge on any atom is 0.224 e. The number of thioether (sulfide) groups is 1. The van der Waals surface area contributed by atoms with Gasteiger partial charge in [-0.2, -0.15) is 11.8 Å². The molecular formula is C15H23NO3S. The van der Waals surface area contributed by atoms with E-state index < -0.39 is 0 Å². The second-order valence-corrected chi connectivity index (χ2v) is 5.87. The molecule has 0 aliphatic rings. The quantitative estimate of drug-likeness (QED) is 0.805. The summed E-state index contributed by atoms with van der Waals surface area (Å²) in [5.74, 6) is 0.747. The number of nitrogens with one attached hydrogen (secondary N) is 1. The third kappa shape index (κ3) is 4.72. The molecule has 0 aromatic heterocycles. The minimum absolute atomic E-state index is 0.0199. The van der Waals surface area contributed by atoms with Crippen LogP contribution in [0, 0.1) is 6.92 Å². The molecule has 1 amide bonds. The van der Waals surface area contributed by atoms with Crippen LogP contribution in [0.4, 0.5) is 0 Å². The lowest BCUT2D eigenvalue weighted by atomic mass is 10.1. The SMILES string of the molecule is COc1cc(CC(=O)NC(C)C(CO)SC)ccc1C. The minimum Gasteiger partial charge on any atom is -0.496 e. The maximum absolute atomic E-state index is 12.0. The van der Waals surface area contributed by atoms with E-state index in [-0.39, 0.29) is 23.8 Å². The lowest BCUT2D eigenvalue weighted by Crippen LogP contribution is -2.41. The number of aliphatic hydroxyl groups excluding tert-OH is 1. The summed E-state index contributed by atoms with van der Waals surface area (Å²) in [7, 11) is 1.62. The van der Waals surface area contributed by atoms with Crippen LogP contribution in [0.1, 0.15) is 18.1 Å². The van der Waals surface area contributed by atoms with E-state index in [1.54, 1.807) is 18.9 Å². The predicted octanol–water partition coefficient (Wildman–Crippen LogP) is 1.77. The number of ether oxygens (including phenoxy) is 1. The molecule has 0 saturated heterocycles. The Morgan fingerprint density at radius 1 is 1.50 bits per heavy atom.